The van der Waals surface area contributed by atoms with E-state index < -0.39 is 5.41 Å². The molecule has 2 bridgehead atoms. The molecule has 0 amide bonds. The first kappa shape index (κ1) is 14.6. The average Bonchev–Trinajstić information content (AvgIpc) is 2.42. The Bertz CT molecular complexity index is 720. The summed E-state index contributed by atoms with van der Waals surface area (Å²) >= 11 is 0. The number of Topliss-reactive ketones (excluding diaryl/α,β-unsaturated/α-hetero) is 1. The van der Waals surface area contributed by atoms with E-state index in [4.69, 9.17) is 0 Å². The number of aryl methyl sites for hydroxylation is 2. The van der Waals surface area contributed by atoms with Crippen molar-refractivity contribution in [2.45, 2.75) is 66.2 Å². The fourth-order valence-corrected chi connectivity index (χ4v) is 5.14. The Morgan fingerprint density at radius 2 is 1.24 bits per heavy atom. The van der Waals surface area contributed by atoms with Crippen LogP contribution in [0.2, 0.25) is 0 Å². The minimum atomic E-state index is -0.462. The van der Waals surface area contributed by atoms with Gasteiger partial charge in [0.25, 0.3) is 0 Å². The maximum atomic E-state index is 13.4. The Labute approximate surface area is 128 Å². The van der Waals surface area contributed by atoms with Crippen LogP contribution in [-0.4, -0.2) is 5.78 Å². The van der Waals surface area contributed by atoms with Crippen molar-refractivity contribution >= 4 is 5.78 Å². The molecule has 0 aliphatic heterocycles. The van der Waals surface area contributed by atoms with Crippen LogP contribution in [0.15, 0.2) is 23.3 Å². The van der Waals surface area contributed by atoms with Crippen LogP contribution < -0.4 is 0 Å². The van der Waals surface area contributed by atoms with Crippen LogP contribution >= 0.6 is 0 Å². The van der Waals surface area contributed by atoms with E-state index in [1.807, 2.05) is 0 Å². The smallest absolute Gasteiger partial charge is 0.153 e. The van der Waals surface area contributed by atoms with Gasteiger partial charge in [-0.15, -0.1) is 0 Å². The van der Waals surface area contributed by atoms with Crippen molar-refractivity contribution in [3.63, 3.8) is 0 Å². The van der Waals surface area contributed by atoms with Gasteiger partial charge in [-0.2, -0.15) is 0 Å². The zero-order valence-electron chi connectivity index (χ0n) is 14.6. The van der Waals surface area contributed by atoms with Gasteiger partial charge in [0.05, 0.1) is 5.41 Å². The van der Waals surface area contributed by atoms with Crippen molar-refractivity contribution in [3.8, 4) is 0 Å². The van der Waals surface area contributed by atoms with Crippen molar-refractivity contribution in [2.75, 3.05) is 0 Å². The Balaban J connectivity index is 2.61. The summed E-state index contributed by atoms with van der Waals surface area (Å²) in [4.78, 5) is 13.4. The number of hydrogen-bond donors (Lipinski definition) is 0. The van der Waals surface area contributed by atoms with E-state index in [1.54, 1.807) is 0 Å². The number of fused-ring (bicyclic) bond motifs is 1. The quantitative estimate of drug-likeness (QED) is 0.626. The second kappa shape index (κ2) is 3.69. The summed E-state index contributed by atoms with van der Waals surface area (Å²) in [7, 11) is 0. The number of ketones is 1. The standard InChI is InChI=1S/C20H26O/c1-11-9-10-12(2)16-15(11)19(7)13(3)14(4)20(16,8)18(5,6)17(19)21/h9-10H,1-8H3. The summed E-state index contributed by atoms with van der Waals surface area (Å²) < 4.78 is 0. The number of hydrogen-bond acceptors (Lipinski definition) is 1. The molecule has 0 fully saturated rings. The van der Waals surface area contributed by atoms with Gasteiger partial charge in [-0.1, -0.05) is 44.1 Å². The first-order valence-electron chi connectivity index (χ1n) is 7.86. The summed E-state index contributed by atoms with van der Waals surface area (Å²) in [6.07, 6.45) is 0. The molecule has 2 atom stereocenters. The number of rotatable bonds is 0. The van der Waals surface area contributed by atoms with Crippen molar-refractivity contribution in [3.05, 3.63) is 45.5 Å². The van der Waals surface area contributed by atoms with E-state index in [1.165, 1.54) is 33.4 Å². The zero-order valence-corrected chi connectivity index (χ0v) is 14.6. The molecule has 0 N–H and O–H groups in total. The minimum Gasteiger partial charge on any atom is -0.298 e. The highest BCUT2D eigenvalue weighted by molar-refractivity contribution is 6.04. The van der Waals surface area contributed by atoms with Gasteiger partial charge in [0.2, 0.25) is 0 Å². The highest BCUT2D eigenvalue weighted by Crippen LogP contribution is 2.65. The molecule has 3 aliphatic carbocycles. The van der Waals surface area contributed by atoms with E-state index >= 15 is 0 Å². The first-order chi connectivity index (χ1) is 9.52. The van der Waals surface area contributed by atoms with Gasteiger partial charge in [0.15, 0.2) is 5.78 Å². The minimum absolute atomic E-state index is 0.197. The molecule has 0 saturated carbocycles. The monoisotopic (exact) mass is 282 g/mol. The van der Waals surface area contributed by atoms with Crippen LogP contribution in [0.25, 0.3) is 0 Å². The molecule has 2 unspecified atom stereocenters. The van der Waals surface area contributed by atoms with Crippen molar-refractivity contribution in [1.82, 2.24) is 0 Å². The van der Waals surface area contributed by atoms with Gasteiger partial charge in [0, 0.05) is 10.8 Å². The third kappa shape index (κ3) is 1.23. The number of carbonyl (C=O) groups is 1. The highest BCUT2D eigenvalue weighted by atomic mass is 16.1. The lowest BCUT2D eigenvalue weighted by Crippen LogP contribution is -2.63. The number of benzene rings is 1. The SMILES string of the molecule is CC1=C(C)C2(C)c3c(C)ccc(C)c3C1(C)C(=O)C2(C)C. The van der Waals surface area contributed by atoms with Crippen LogP contribution in [-0.2, 0) is 15.6 Å². The molecular formula is C20H26O. The summed E-state index contributed by atoms with van der Waals surface area (Å²) in [5, 5.41) is 0. The molecule has 0 radical (unpaired) electrons. The fourth-order valence-electron chi connectivity index (χ4n) is 5.14. The van der Waals surface area contributed by atoms with Crippen molar-refractivity contribution in [1.29, 1.82) is 0 Å². The van der Waals surface area contributed by atoms with Crippen LogP contribution in [0.1, 0.15) is 63.8 Å². The van der Waals surface area contributed by atoms with Gasteiger partial charge in [-0.3, -0.25) is 4.79 Å². The van der Waals surface area contributed by atoms with Gasteiger partial charge < -0.3 is 0 Å². The molecule has 112 valence electrons. The lowest BCUT2D eigenvalue weighted by molar-refractivity contribution is -0.137. The van der Waals surface area contributed by atoms with E-state index in [0.717, 1.165) is 0 Å². The Hall–Kier alpha value is -1.37. The van der Waals surface area contributed by atoms with Crippen LogP contribution in [0.4, 0.5) is 0 Å². The van der Waals surface area contributed by atoms with Gasteiger partial charge in [0.1, 0.15) is 0 Å². The maximum absolute atomic E-state index is 13.4. The molecule has 0 spiro atoms. The topological polar surface area (TPSA) is 17.1 Å². The Morgan fingerprint density at radius 3 is 1.76 bits per heavy atom. The van der Waals surface area contributed by atoms with Crippen LogP contribution in [0.3, 0.4) is 0 Å². The number of carbonyl (C=O) groups excluding carboxylic acids is 1. The van der Waals surface area contributed by atoms with Crippen LogP contribution in [0.5, 0.6) is 0 Å². The van der Waals surface area contributed by atoms with E-state index in [0.29, 0.717) is 5.78 Å². The third-order valence-corrected chi connectivity index (χ3v) is 6.96. The molecule has 21 heavy (non-hydrogen) atoms. The molecule has 1 aromatic rings. The zero-order chi connectivity index (χ0) is 16.0. The fraction of sp³-hybridized carbons (Fsp3) is 0.550. The predicted octanol–water partition coefficient (Wildman–Crippen LogP) is 4.78. The molecular weight excluding hydrogens is 256 g/mol. The van der Waals surface area contributed by atoms with Crippen molar-refractivity contribution in [2.24, 2.45) is 5.41 Å². The second-order valence-electron chi connectivity index (χ2n) is 7.90. The molecule has 1 heteroatoms. The molecule has 1 aromatic carbocycles. The Morgan fingerprint density at radius 1 is 0.762 bits per heavy atom. The molecule has 0 aromatic heterocycles. The van der Waals surface area contributed by atoms with E-state index in [9.17, 15) is 4.79 Å². The maximum Gasteiger partial charge on any atom is 0.153 e. The third-order valence-electron chi connectivity index (χ3n) is 6.96. The summed E-state index contributed by atoms with van der Waals surface area (Å²) in [6.45, 7) is 17.4. The van der Waals surface area contributed by atoms with Gasteiger partial charge in [-0.05, 0) is 56.9 Å². The summed E-state index contributed by atoms with van der Waals surface area (Å²) in [6, 6.07) is 4.39. The van der Waals surface area contributed by atoms with Crippen molar-refractivity contribution < 1.29 is 4.79 Å². The summed E-state index contributed by atoms with van der Waals surface area (Å²) in [5.74, 6) is 0.377. The molecule has 1 nitrogen and oxygen atoms in total. The lowest BCUT2D eigenvalue weighted by Gasteiger charge is -2.61. The molecule has 3 aliphatic rings. The first-order valence-corrected chi connectivity index (χ1v) is 7.86. The molecule has 4 rings (SSSR count). The van der Waals surface area contributed by atoms with Gasteiger partial charge >= 0.3 is 0 Å². The highest BCUT2D eigenvalue weighted by Gasteiger charge is 2.65. The number of allylic oxidation sites excluding steroid dienone is 2. The molecule has 0 saturated heterocycles. The second-order valence-corrected chi connectivity index (χ2v) is 7.90. The van der Waals surface area contributed by atoms with E-state index in [-0.39, 0.29) is 10.8 Å². The molecule has 0 heterocycles. The Kier molecular flexibility index (Phi) is 2.56. The largest absolute Gasteiger partial charge is 0.298 e. The lowest BCUT2D eigenvalue weighted by atomic mass is 9.40. The average molecular weight is 282 g/mol. The predicted molar refractivity (Wildman–Crippen MR) is 87.8 cm³/mol. The van der Waals surface area contributed by atoms with Crippen LogP contribution in [0, 0.1) is 19.3 Å². The summed E-state index contributed by atoms with van der Waals surface area (Å²) in [5.41, 5.74) is 6.86. The normalized spacial score (nSPS) is 33.4. The van der Waals surface area contributed by atoms with Gasteiger partial charge in [-0.25, -0.2) is 0 Å². The van der Waals surface area contributed by atoms with E-state index in [2.05, 4.69) is 67.5 Å².